The smallest absolute Gasteiger partial charge is 0.143 e. The van der Waals surface area contributed by atoms with E-state index < -0.39 is 0 Å². The summed E-state index contributed by atoms with van der Waals surface area (Å²) < 4.78 is 9.59. The Kier molecular flexibility index (Phi) is 5.02. The van der Waals surface area contributed by atoms with Crippen molar-refractivity contribution in [1.29, 1.82) is 0 Å². The van der Waals surface area contributed by atoms with Gasteiger partial charge in [0.25, 0.3) is 0 Å². The number of thiophene rings is 1. The quantitative estimate of drug-likeness (QED) is 0.180. The summed E-state index contributed by atoms with van der Waals surface area (Å²) in [4.78, 5) is 0. The molecule has 0 aliphatic carbocycles. The molecule has 0 fully saturated rings. The fraction of sp³-hybridized carbons (Fsp3) is 0. The molecule has 0 spiro atoms. The Balaban J connectivity index is 0.000000131. The van der Waals surface area contributed by atoms with Gasteiger partial charge in [0, 0.05) is 29.8 Å². The highest BCUT2D eigenvalue weighted by Gasteiger charge is 2.12. The van der Waals surface area contributed by atoms with Gasteiger partial charge in [-0.3, -0.25) is 0 Å². The molecule has 4 heteroatoms. The van der Waals surface area contributed by atoms with E-state index >= 15 is 0 Å². The first-order chi connectivity index (χ1) is 15.7. The zero-order valence-corrected chi connectivity index (χ0v) is 20.8. The molecule has 0 unspecified atom stereocenters. The van der Waals surface area contributed by atoms with Crippen molar-refractivity contribution < 1.29 is 4.42 Å². The lowest BCUT2D eigenvalue weighted by Crippen LogP contribution is -1.75. The molecule has 0 saturated heterocycles. The van der Waals surface area contributed by atoms with E-state index in [1.54, 1.807) is 0 Å². The number of benzene rings is 5. The van der Waals surface area contributed by atoms with Crippen LogP contribution in [-0.4, -0.2) is 0 Å². The topological polar surface area (TPSA) is 13.1 Å². The Bertz CT molecular complexity index is 1760. The molecule has 0 N–H and O–H groups in total. The maximum atomic E-state index is 6.03. The van der Waals surface area contributed by atoms with Crippen molar-refractivity contribution in [1.82, 2.24) is 0 Å². The minimum absolute atomic E-state index is 0.918. The summed E-state index contributed by atoms with van der Waals surface area (Å²) in [6, 6.07) is 31.6. The van der Waals surface area contributed by atoms with Crippen LogP contribution < -0.4 is 0 Å². The molecule has 0 aliphatic rings. The van der Waals surface area contributed by atoms with Crippen LogP contribution in [-0.2, 0) is 0 Å². The molecule has 0 bridgehead atoms. The van der Waals surface area contributed by atoms with Gasteiger partial charge in [0.15, 0.2) is 0 Å². The van der Waals surface area contributed by atoms with Crippen molar-refractivity contribution >= 4 is 96.8 Å². The Morgan fingerprint density at radius 1 is 0.594 bits per heavy atom. The molecule has 154 valence electrons. The number of furan rings is 1. The molecular weight excluding hydrogens is 544 g/mol. The second kappa shape index (κ2) is 8.04. The normalized spacial score (nSPS) is 11.4. The van der Waals surface area contributed by atoms with Crippen molar-refractivity contribution in [2.24, 2.45) is 0 Å². The molecule has 0 aliphatic heterocycles. The predicted octanol–water partition coefficient (Wildman–Crippen LogP) is 10.3. The average Bonchev–Trinajstić information content (AvgIpc) is 3.45. The lowest BCUT2D eigenvalue weighted by atomic mass is 10.1. The highest BCUT2D eigenvalue weighted by atomic mass is 79.9. The first-order valence-corrected chi connectivity index (χ1v) is 12.7. The van der Waals surface area contributed by atoms with Crippen LogP contribution in [0.4, 0.5) is 0 Å². The van der Waals surface area contributed by atoms with E-state index in [1.165, 1.54) is 26.2 Å². The number of fused-ring (bicyclic) bond motifs is 8. The van der Waals surface area contributed by atoms with Crippen LogP contribution in [0.2, 0.25) is 0 Å². The van der Waals surface area contributed by atoms with Gasteiger partial charge in [-0.2, -0.15) is 0 Å². The van der Waals surface area contributed by atoms with Gasteiger partial charge in [-0.25, -0.2) is 0 Å². The summed E-state index contributed by atoms with van der Waals surface area (Å²) in [5.74, 6) is 0. The molecule has 7 rings (SSSR count). The molecule has 0 amide bonds. The van der Waals surface area contributed by atoms with E-state index in [4.69, 9.17) is 4.42 Å². The van der Waals surface area contributed by atoms with Crippen LogP contribution in [0.15, 0.2) is 110 Å². The third kappa shape index (κ3) is 3.34. The SMILES string of the molecule is Brc1ccc2oc3c4ccccc4c(Br)cc3c2c1.c1ccc2c(c1)ccc1ccsc12. The Morgan fingerprint density at radius 2 is 1.34 bits per heavy atom. The molecular formula is C28H16Br2OS. The Morgan fingerprint density at radius 3 is 2.22 bits per heavy atom. The van der Waals surface area contributed by atoms with Gasteiger partial charge >= 0.3 is 0 Å². The summed E-state index contributed by atoms with van der Waals surface area (Å²) in [6.45, 7) is 0. The minimum Gasteiger partial charge on any atom is -0.455 e. The van der Waals surface area contributed by atoms with E-state index in [9.17, 15) is 0 Å². The second-order valence-electron chi connectivity index (χ2n) is 7.65. The van der Waals surface area contributed by atoms with Crippen LogP contribution >= 0.6 is 43.2 Å². The van der Waals surface area contributed by atoms with Crippen molar-refractivity contribution in [2.45, 2.75) is 0 Å². The lowest BCUT2D eigenvalue weighted by molar-refractivity contribution is 0.672. The number of hydrogen-bond donors (Lipinski definition) is 0. The largest absolute Gasteiger partial charge is 0.455 e. The molecule has 2 heterocycles. The fourth-order valence-electron chi connectivity index (χ4n) is 4.22. The highest BCUT2D eigenvalue weighted by Crippen LogP contribution is 2.38. The maximum Gasteiger partial charge on any atom is 0.143 e. The summed E-state index contributed by atoms with van der Waals surface area (Å²) in [5, 5.41) is 10.8. The monoisotopic (exact) mass is 558 g/mol. The van der Waals surface area contributed by atoms with E-state index in [2.05, 4.69) is 104 Å². The summed E-state index contributed by atoms with van der Waals surface area (Å²) in [5.41, 5.74) is 1.87. The number of rotatable bonds is 0. The Labute approximate surface area is 205 Å². The van der Waals surface area contributed by atoms with Crippen LogP contribution in [0, 0.1) is 0 Å². The van der Waals surface area contributed by atoms with Crippen molar-refractivity contribution in [3.63, 3.8) is 0 Å². The molecule has 0 saturated carbocycles. The predicted molar refractivity (Wildman–Crippen MR) is 146 cm³/mol. The van der Waals surface area contributed by atoms with Crippen molar-refractivity contribution in [3.05, 3.63) is 105 Å². The van der Waals surface area contributed by atoms with Gasteiger partial charge in [0.2, 0.25) is 0 Å². The molecule has 5 aromatic carbocycles. The van der Waals surface area contributed by atoms with Crippen molar-refractivity contribution in [2.75, 3.05) is 0 Å². The first-order valence-electron chi connectivity index (χ1n) is 10.2. The van der Waals surface area contributed by atoms with Gasteiger partial charge in [-0.1, -0.05) is 92.5 Å². The molecule has 0 radical (unpaired) electrons. The summed E-state index contributed by atoms with van der Waals surface area (Å²) >= 11 is 8.99. The third-order valence-electron chi connectivity index (χ3n) is 5.73. The fourth-order valence-corrected chi connectivity index (χ4v) is 6.10. The van der Waals surface area contributed by atoms with E-state index in [0.717, 1.165) is 36.3 Å². The standard InChI is InChI=1S/C16H8Br2O.C12H8S/c17-9-5-6-15-12(7-9)13-8-14(18)10-3-1-2-4-11(10)16(13)19-15;1-2-4-11-9(3-1)5-6-10-7-8-13-12(10)11/h1-8H;1-8H. The van der Waals surface area contributed by atoms with Crippen LogP contribution in [0.5, 0.6) is 0 Å². The Hall–Kier alpha value is -2.66. The number of halogens is 2. The first kappa shape index (κ1) is 20.0. The molecule has 1 nitrogen and oxygen atoms in total. The minimum atomic E-state index is 0.918. The molecule has 7 aromatic rings. The van der Waals surface area contributed by atoms with Gasteiger partial charge in [-0.05, 0) is 57.3 Å². The van der Waals surface area contributed by atoms with E-state index in [1.807, 2.05) is 35.6 Å². The van der Waals surface area contributed by atoms with Gasteiger partial charge in [-0.15, -0.1) is 11.3 Å². The van der Waals surface area contributed by atoms with E-state index in [-0.39, 0.29) is 0 Å². The van der Waals surface area contributed by atoms with Gasteiger partial charge < -0.3 is 4.42 Å². The zero-order chi connectivity index (χ0) is 21.7. The molecule has 0 atom stereocenters. The van der Waals surface area contributed by atoms with Gasteiger partial charge in [0.1, 0.15) is 11.2 Å². The van der Waals surface area contributed by atoms with Crippen molar-refractivity contribution in [3.8, 4) is 0 Å². The zero-order valence-electron chi connectivity index (χ0n) is 16.8. The van der Waals surface area contributed by atoms with Crippen LogP contribution in [0.25, 0.3) is 53.6 Å². The molecule has 32 heavy (non-hydrogen) atoms. The second-order valence-corrected chi connectivity index (χ2v) is 10.3. The third-order valence-corrected chi connectivity index (χ3v) is 7.84. The summed E-state index contributed by atoms with van der Waals surface area (Å²) in [7, 11) is 0. The average molecular weight is 560 g/mol. The van der Waals surface area contributed by atoms with Crippen LogP contribution in [0.3, 0.4) is 0 Å². The summed E-state index contributed by atoms with van der Waals surface area (Å²) in [6.07, 6.45) is 0. The van der Waals surface area contributed by atoms with Crippen LogP contribution in [0.1, 0.15) is 0 Å². The van der Waals surface area contributed by atoms with E-state index in [0.29, 0.717) is 0 Å². The van der Waals surface area contributed by atoms with Gasteiger partial charge in [0.05, 0.1) is 0 Å². The molecule has 2 aromatic heterocycles. The maximum absolute atomic E-state index is 6.03. The lowest BCUT2D eigenvalue weighted by Gasteiger charge is -2.01. The highest BCUT2D eigenvalue weighted by molar-refractivity contribution is 9.11. The number of hydrogen-bond acceptors (Lipinski definition) is 2.